The molecule has 31 heavy (non-hydrogen) atoms. The summed E-state index contributed by atoms with van der Waals surface area (Å²) in [5, 5.41) is 2.35. The molecule has 0 saturated carbocycles. The molecule has 0 aliphatic carbocycles. The number of thioether (sulfide) groups is 1. The maximum absolute atomic E-state index is 13.0. The summed E-state index contributed by atoms with van der Waals surface area (Å²) in [6.45, 7) is 5.06. The van der Waals surface area contributed by atoms with Gasteiger partial charge in [-0.25, -0.2) is 4.79 Å². The van der Waals surface area contributed by atoms with Crippen LogP contribution in [0.1, 0.15) is 43.9 Å². The van der Waals surface area contributed by atoms with Crippen LogP contribution in [0, 0.1) is 0 Å². The second kappa shape index (κ2) is 10.4. The van der Waals surface area contributed by atoms with Crippen molar-refractivity contribution in [2.75, 3.05) is 5.75 Å². The van der Waals surface area contributed by atoms with Gasteiger partial charge < -0.3 is 10.1 Å². The van der Waals surface area contributed by atoms with E-state index in [1.165, 1.54) is 0 Å². The Balaban J connectivity index is 2.47. The summed E-state index contributed by atoms with van der Waals surface area (Å²) < 4.78 is 43.6. The molecule has 0 aliphatic rings. The number of amides is 1. The molecule has 0 heterocycles. The fourth-order valence-electron chi connectivity index (χ4n) is 2.83. The third-order valence-electron chi connectivity index (χ3n) is 4.03. The van der Waals surface area contributed by atoms with Gasteiger partial charge in [-0.1, -0.05) is 65.8 Å². The van der Waals surface area contributed by atoms with Crippen LogP contribution in [0.25, 0.3) is 0 Å². The lowest BCUT2D eigenvalue weighted by Crippen LogP contribution is -2.39. The molecule has 1 N–H and O–H groups in total. The topological polar surface area (TPSA) is 55.4 Å². The number of halogens is 4. The smallest absolute Gasteiger partial charge is 0.408 e. The van der Waals surface area contributed by atoms with Crippen molar-refractivity contribution in [3.05, 3.63) is 70.7 Å². The van der Waals surface area contributed by atoms with Gasteiger partial charge in [-0.15, -0.1) is 0 Å². The standard InChI is InChI=1S/C22H23ClF3NO3S/c1-21(2,3)30-20(29)27-18(15-7-5-4-6-8-15)17(14-9-11-16(23)12-10-14)19(28)31-13-22(24,25)26/h4-12,17-18H,13H2,1-3H3,(H,27,29)/t17-,18+/m1/s1. The predicted octanol–water partition coefficient (Wildman–Crippen LogP) is 6.51. The molecular formula is C22H23ClF3NO3S. The quantitative estimate of drug-likeness (QED) is 0.519. The van der Waals surface area contributed by atoms with Crippen molar-refractivity contribution in [3.8, 4) is 0 Å². The van der Waals surface area contributed by atoms with Crippen molar-refractivity contribution < 1.29 is 27.5 Å². The number of hydrogen-bond donors (Lipinski definition) is 1. The number of ether oxygens (including phenoxy) is 1. The van der Waals surface area contributed by atoms with Crippen LogP contribution in [0.3, 0.4) is 0 Å². The Bertz CT molecular complexity index is 884. The van der Waals surface area contributed by atoms with Gasteiger partial charge in [0.2, 0.25) is 0 Å². The second-order valence-electron chi connectivity index (χ2n) is 7.79. The van der Waals surface area contributed by atoms with Crippen molar-refractivity contribution >= 4 is 34.6 Å². The first kappa shape index (κ1) is 25.1. The molecule has 0 fully saturated rings. The lowest BCUT2D eigenvalue weighted by Gasteiger charge is -2.29. The highest BCUT2D eigenvalue weighted by Gasteiger charge is 2.36. The molecule has 1 amide bonds. The van der Waals surface area contributed by atoms with Gasteiger partial charge in [0.15, 0.2) is 5.12 Å². The number of carbonyl (C=O) groups excluding carboxylic acids is 2. The van der Waals surface area contributed by atoms with Gasteiger partial charge in [-0.2, -0.15) is 13.2 Å². The molecule has 0 saturated heterocycles. The van der Waals surface area contributed by atoms with Crippen LogP contribution in [0.5, 0.6) is 0 Å². The van der Waals surface area contributed by atoms with Crippen molar-refractivity contribution in [1.29, 1.82) is 0 Å². The first-order valence-electron chi connectivity index (χ1n) is 9.39. The van der Waals surface area contributed by atoms with Gasteiger partial charge in [0.25, 0.3) is 0 Å². The molecule has 2 atom stereocenters. The molecule has 0 bridgehead atoms. The van der Waals surface area contributed by atoms with E-state index in [0.29, 0.717) is 16.1 Å². The zero-order chi connectivity index (χ0) is 23.2. The van der Waals surface area contributed by atoms with Crippen LogP contribution in [0.4, 0.5) is 18.0 Å². The Morgan fingerprint density at radius 2 is 1.58 bits per heavy atom. The fourth-order valence-corrected chi connectivity index (χ4v) is 3.72. The van der Waals surface area contributed by atoms with Crippen molar-refractivity contribution in [2.45, 2.75) is 44.5 Å². The summed E-state index contributed by atoms with van der Waals surface area (Å²) in [6.07, 6.45) is -5.29. The monoisotopic (exact) mass is 473 g/mol. The zero-order valence-electron chi connectivity index (χ0n) is 17.2. The largest absolute Gasteiger partial charge is 0.444 e. The second-order valence-corrected chi connectivity index (χ2v) is 9.20. The highest BCUT2D eigenvalue weighted by atomic mass is 35.5. The summed E-state index contributed by atoms with van der Waals surface area (Å²) in [5.74, 6) is -2.43. The van der Waals surface area contributed by atoms with Crippen LogP contribution in [0.2, 0.25) is 5.02 Å². The number of rotatable bonds is 6. The van der Waals surface area contributed by atoms with E-state index in [2.05, 4.69) is 5.32 Å². The molecule has 2 aromatic carbocycles. The van der Waals surface area contributed by atoms with Crippen molar-refractivity contribution in [1.82, 2.24) is 5.32 Å². The Morgan fingerprint density at radius 3 is 2.10 bits per heavy atom. The Kier molecular flexibility index (Phi) is 8.42. The van der Waals surface area contributed by atoms with E-state index in [0.717, 1.165) is 0 Å². The van der Waals surface area contributed by atoms with E-state index < -0.39 is 40.7 Å². The molecule has 2 aromatic rings. The molecule has 9 heteroatoms. The predicted molar refractivity (Wildman–Crippen MR) is 116 cm³/mol. The Labute approximate surface area is 188 Å². The number of benzene rings is 2. The van der Waals surface area contributed by atoms with Crippen LogP contribution >= 0.6 is 23.4 Å². The molecule has 0 radical (unpaired) electrons. The van der Waals surface area contributed by atoms with Gasteiger partial charge in [0.05, 0.1) is 17.7 Å². The summed E-state index contributed by atoms with van der Waals surface area (Å²) >= 11 is 6.11. The number of alkyl halides is 3. The average Bonchev–Trinajstić information content (AvgIpc) is 2.66. The molecular weight excluding hydrogens is 451 g/mol. The van der Waals surface area contributed by atoms with Gasteiger partial charge >= 0.3 is 12.3 Å². The molecule has 0 spiro atoms. The zero-order valence-corrected chi connectivity index (χ0v) is 18.8. The van der Waals surface area contributed by atoms with Gasteiger partial charge in [0.1, 0.15) is 5.60 Å². The summed E-state index contributed by atoms with van der Waals surface area (Å²) in [6, 6.07) is 13.8. The van der Waals surface area contributed by atoms with E-state index in [-0.39, 0.29) is 11.8 Å². The maximum Gasteiger partial charge on any atom is 0.408 e. The minimum Gasteiger partial charge on any atom is -0.444 e. The van der Waals surface area contributed by atoms with Crippen LogP contribution in [-0.2, 0) is 9.53 Å². The van der Waals surface area contributed by atoms with Crippen LogP contribution in [-0.4, -0.2) is 28.7 Å². The first-order valence-corrected chi connectivity index (χ1v) is 10.8. The number of nitrogens with one attached hydrogen (secondary N) is 1. The molecule has 0 aliphatic heterocycles. The molecule has 168 valence electrons. The lowest BCUT2D eigenvalue weighted by molar-refractivity contribution is -0.115. The average molecular weight is 474 g/mol. The summed E-state index contributed by atoms with van der Waals surface area (Å²) in [4.78, 5) is 25.5. The molecule has 2 rings (SSSR count). The SMILES string of the molecule is CC(C)(C)OC(=O)N[C@@H](c1ccccc1)[C@H](C(=O)SCC(F)(F)F)c1ccc(Cl)cc1. The highest BCUT2D eigenvalue weighted by molar-refractivity contribution is 8.13. The Morgan fingerprint density at radius 1 is 1.00 bits per heavy atom. The summed E-state index contributed by atoms with van der Waals surface area (Å²) in [7, 11) is 0. The van der Waals surface area contributed by atoms with Crippen molar-refractivity contribution in [2.24, 2.45) is 0 Å². The van der Waals surface area contributed by atoms with Gasteiger partial charge in [0, 0.05) is 5.02 Å². The third-order valence-corrected chi connectivity index (χ3v) is 5.29. The van der Waals surface area contributed by atoms with E-state index in [1.54, 1.807) is 75.4 Å². The maximum atomic E-state index is 13.0. The molecule has 0 aromatic heterocycles. The minimum atomic E-state index is -4.51. The van der Waals surface area contributed by atoms with Crippen LogP contribution < -0.4 is 5.32 Å². The number of alkyl carbamates (subject to hydrolysis) is 1. The van der Waals surface area contributed by atoms with Gasteiger partial charge in [-0.05, 0) is 44.0 Å². The van der Waals surface area contributed by atoms with Gasteiger partial charge in [-0.3, -0.25) is 4.79 Å². The van der Waals surface area contributed by atoms with Crippen LogP contribution in [0.15, 0.2) is 54.6 Å². The van der Waals surface area contributed by atoms with E-state index >= 15 is 0 Å². The van der Waals surface area contributed by atoms with E-state index in [9.17, 15) is 22.8 Å². The normalized spacial score (nSPS) is 13.9. The lowest BCUT2D eigenvalue weighted by atomic mass is 9.88. The number of hydrogen-bond acceptors (Lipinski definition) is 4. The fraction of sp³-hybridized carbons (Fsp3) is 0.364. The first-order chi connectivity index (χ1) is 14.4. The number of carbonyl (C=O) groups is 2. The Hall–Kier alpha value is -2.19. The molecule has 4 nitrogen and oxygen atoms in total. The van der Waals surface area contributed by atoms with E-state index in [1.807, 2.05) is 0 Å². The minimum absolute atomic E-state index is 0.165. The van der Waals surface area contributed by atoms with Crippen molar-refractivity contribution in [3.63, 3.8) is 0 Å². The highest BCUT2D eigenvalue weighted by Crippen LogP contribution is 2.37. The summed E-state index contributed by atoms with van der Waals surface area (Å²) in [5.41, 5.74) is 0.180. The van der Waals surface area contributed by atoms with E-state index in [4.69, 9.17) is 16.3 Å². The third kappa shape index (κ3) is 8.45. The molecule has 0 unspecified atom stereocenters.